The van der Waals surface area contributed by atoms with Crippen molar-refractivity contribution in [3.05, 3.63) is 10.9 Å². The maximum atomic E-state index is 8.20. The van der Waals surface area contributed by atoms with E-state index in [0.29, 0.717) is 0 Å². The van der Waals surface area contributed by atoms with Gasteiger partial charge < -0.3 is 5.11 Å². The van der Waals surface area contributed by atoms with Crippen LogP contribution in [-0.2, 0) is 0 Å². The summed E-state index contributed by atoms with van der Waals surface area (Å²) in [4.78, 5) is 0. The Hall–Kier alpha value is 0.340. The largest absolute Gasteiger partial charge is 0.396 e. The SMILES string of the molecule is OCCS/C=C/Cl. The zero-order valence-electron chi connectivity index (χ0n) is 3.80. The van der Waals surface area contributed by atoms with Crippen molar-refractivity contribution in [3.8, 4) is 0 Å². The van der Waals surface area contributed by atoms with Crippen LogP contribution >= 0.6 is 23.4 Å². The molecular weight excluding hydrogens is 132 g/mol. The van der Waals surface area contributed by atoms with Crippen molar-refractivity contribution >= 4 is 23.4 Å². The summed E-state index contributed by atoms with van der Waals surface area (Å²) in [6, 6.07) is 0. The number of aliphatic hydroxyl groups is 1. The van der Waals surface area contributed by atoms with Crippen LogP contribution < -0.4 is 0 Å². The molecule has 0 saturated heterocycles. The Morgan fingerprint density at radius 3 is 2.86 bits per heavy atom. The lowest BCUT2D eigenvalue weighted by Crippen LogP contribution is -1.81. The lowest BCUT2D eigenvalue weighted by Gasteiger charge is -1.83. The first-order valence-electron chi connectivity index (χ1n) is 1.89. The minimum absolute atomic E-state index is 0.214. The Morgan fingerprint density at radius 1 is 1.71 bits per heavy atom. The van der Waals surface area contributed by atoms with Gasteiger partial charge in [-0.2, -0.15) is 0 Å². The molecule has 0 amide bonds. The molecule has 0 aliphatic carbocycles. The Morgan fingerprint density at radius 2 is 2.43 bits per heavy atom. The molecule has 7 heavy (non-hydrogen) atoms. The fraction of sp³-hybridized carbons (Fsp3) is 0.500. The van der Waals surface area contributed by atoms with Crippen molar-refractivity contribution in [2.75, 3.05) is 12.4 Å². The van der Waals surface area contributed by atoms with E-state index in [9.17, 15) is 0 Å². The van der Waals surface area contributed by atoms with E-state index in [4.69, 9.17) is 16.7 Å². The first-order chi connectivity index (χ1) is 3.41. The van der Waals surface area contributed by atoms with Gasteiger partial charge in [0, 0.05) is 11.3 Å². The maximum absolute atomic E-state index is 8.20. The van der Waals surface area contributed by atoms with Crippen molar-refractivity contribution < 1.29 is 5.11 Å². The molecular formula is C4H7ClOS. The van der Waals surface area contributed by atoms with Gasteiger partial charge in [-0.1, -0.05) is 11.6 Å². The van der Waals surface area contributed by atoms with Gasteiger partial charge in [-0.05, 0) is 5.41 Å². The van der Waals surface area contributed by atoms with E-state index in [2.05, 4.69) is 0 Å². The molecule has 0 atom stereocenters. The lowest BCUT2D eigenvalue weighted by atomic mass is 10.9. The minimum Gasteiger partial charge on any atom is -0.396 e. The smallest absolute Gasteiger partial charge is 0.0525 e. The Bertz CT molecular complexity index is 55.7. The third-order valence-corrected chi connectivity index (χ3v) is 1.38. The summed E-state index contributed by atoms with van der Waals surface area (Å²) in [5.41, 5.74) is 1.43. The van der Waals surface area contributed by atoms with Crippen molar-refractivity contribution in [2.24, 2.45) is 0 Å². The third-order valence-electron chi connectivity index (χ3n) is 0.357. The normalized spacial score (nSPS) is 10.6. The molecule has 0 unspecified atom stereocenters. The van der Waals surface area contributed by atoms with Gasteiger partial charge in [-0.3, -0.25) is 0 Å². The molecule has 0 aromatic rings. The van der Waals surface area contributed by atoms with Gasteiger partial charge in [-0.25, -0.2) is 0 Å². The van der Waals surface area contributed by atoms with E-state index in [1.807, 2.05) is 0 Å². The number of hydrogen-bond acceptors (Lipinski definition) is 2. The molecule has 0 bridgehead atoms. The zero-order chi connectivity index (χ0) is 5.54. The van der Waals surface area contributed by atoms with Crippen molar-refractivity contribution in [3.63, 3.8) is 0 Å². The molecule has 0 aromatic carbocycles. The zero-order valence-corrected chi connectivity index (χ0v) is 5.37. The van der Waals surface area contributed by atoms with Gasteiger partial charge in [0.15, 0.2) is 0 Å². The fourth-order valence-corrected chi connectivity index (χ4v) is 0.690. The number of aliphatic hydroxyl groups excluding tert-OH is 1. The molecule has 1 nitrogen and oxygen atoms in total. The highest BCUT2D eigenvalue weighted by atomic mass is 35.5. The number of halogens is 1. The quantitative estimate of drug-likeness (QED) is 0.596. The molecule has 0 heterocycles. The molecule has 0 aliphatic heterocycles. The Balaban J connectivity index is 2.69. The van der Waals surface area contributed by atoms with Crippen molar-refractivity contribution in [1.29, 1.82) is 0 Å². The summed E-state index contributed by atoms with van der Waals surface area (Å²) in [6.45, 7) is 0.214. The van der Waals surface area contributed by atoms with E-state index in [1.54, 1.807) is 5.41 Å². The summed E-state index contributed by atoms with van der Waals surface area (Å²) in [7, 11) is 0. The van der Waals surface area contributed by atoms with E-state index in [1.165, 1.54) is 17.3 Å². The Labute approximate surface area is 52.4 Å². The summed E-state index contributed by atoms with van der Waals surface area (Å²) >= 11 is 6.64. The highest BCUT2D eigenvalue weighted by Gasteiger charge is 1.74. The van der Waals surface area contributed by atoms with Gasteiger partial charge in [0.2, 0.25) is 0 Å². The predicted octanol–water partition coefficient (Wildman–Crippen LogP) is 1.42. The second-order valence-electron chi connectivity index (χ2n) is 0.856. The summed E-state index contributed by atoms with van der Waals surface area (Å²) < 4.78 is 0. The monoisotopic (exact) mass is 138 g/mol. The summed E-state index contributed by atoms with van der Waals surface area (Å²) in [5, 5.41) is 9.93. The van der Waals surface area contributed by atoms with Gasteiger partial charge >= 0.3 is 0 Å². The van der Waals surface area contributed by atoms with Crippen LogP contribution in [0.3, 0.4) is 0 Å². The topological polar surface area (TPSA) is 20.2 Å². The number of thioether (sulfide) groups is 1. The average Bonchev–Trinajstić information content (AvgIpc) is 1.69. The van der Waals surface area contributed by atoms with Crippen LogP contribution in [0.5, 0.6) is 0 Å². The summed E-state index contributed by atoms with van der Waals surface area (Å²) in [6.07, 6.45) is 0. The lowest BCUT2D eigenvalue weighted by molar-refractivity contribution is 0.322. The van der Waals surface area contributed by atoms with Gasteiger partial charge in [-0.15, -0.1) is 11.8 Å². The van der Waals surface area contributed by atoms with Crippen LogP contribution in [0.4, 0.5) is 0 Å². The molecule has 0 spiro atoms. The van der Waals surface area contributed by atoms with Crippen LogP contribution in [-0.4, -0.2) is 17.5 Å². The highest BCUT2D eigenvalue weighted by molar-refractivity contribution is 8.02. The fourth-order valence-electron chi connectivity index (χ4n) is 0.157. The number of rotatable bonds is 3. The van der Waals surface area contributed by atoms with Crippen LogP contribution in [0.1, 0.15) is 0 Å². The maximum Gasteiger partial charge on any atom is 0.0525 e. The van der Waals surface area contributed by atoms with Gasteiger partial charge in [0.1, 0.15) is 0 Å². The molecule has 0 fully saturated rings. The van der Waals surface area contributed by atoms with Crippen molar-refractivity contribution in [2.45, 2.75) is 0 Å². The van der Waals surface area contributed by atoms with E-state index in [0.717, 1.165) is 5.75 Å². The Kier molecular flexibility index (Phi) is 6.65. The summed E-state index contributed by atoms with van der Waals surface area (Å²) in [5.74, 6) is 0.725. The highest BCUT2D eigenvalue weighted by Crippen LogP contribution is 2.00. The second kappa shape index (κ2) is 6.34. The second-order valence-corrected chi connectivity index (χ2v) is 2.12. The molecule has 1 N–H and O–H groups in total. The first-order valence-corrected chi connectivity index (χ1v) is 3.38. The van der Waals surface area contributed by atoms with Crippen LogP contribution in [0.15, 0.2) is 10.9 Å². The van der Waals surface area contributed by atoms with Crippen LogP contribution in [0, 0.1) is 0 Å². The van der Waals surface area contributed by atoms with E-state index in [-0.39, 0.29) is 6.61 Å². The molecule has 0 rings (SSSR count). The van der Waals surface area contributed by atoms with E-state index < -0.39 is 0 Å². The van der Waals surface area contributed by atoms with Crippen LogP contribution in [0.25, 0.3) is 0 Å². The predicted molar refractivity (Wildman–Crippen MR) is 34.5 cm³/mol. The molecule has 42 valence electrons. The molecule has 0 radical (unpaired) electrons. The van der Waals surface area contributed by atoms with Crippen LogP contribution in [0.2, 0.25) is 0 Å². The van der Waals surface area contributed by atoms with Gasteiger partial charge in [0.25, 0.3) is 0 Å². The first kappa shape index (κ1) is 7.34. The molecule has 3 heteroatoms. The third kappa shape index (κ3) is 6.34. The molecule has 0 aliphatic rings. The molecule has 0 aromatic heterocycles. The van der Waals surface area contributed by atoms with E-state index >= 15 is 0 Å². The standard InChI is InChI=1S/C4H7ClOS/c5-1-3-7-4-2-6/h1,3,6H,2,4H2/b3-1+. The molecule has 0 saturated carbocycles. The van der Waals surface area contributed by atoms with Crippen molar-refractivity contribution in [1.82, 2.24) is 0 Å². The van der Waals surface area contributed by atoms with Gasteiger partial charge in [0.05, 0.1) is 6.61 Å². The minimum atomic E-state index is 0.214. The average molecular weight is 139 g/mol. The number of hydrogen-bond donors (Lipinski definition) is 1.